The highest BCUT2D eigenvalue weighted by atomic mass is 35.5. The lowest BCUT2D eigenvalue weighted by Gasteiger charge is -2.49. The molecule has 0 radical (unpaired) electrons. The highest BCUT2D eigenvalue weighted by Crippen LogP contribution is 2.64. The maximum Gasteiger partial charge on any atom is 0.433 e. The molecule has 1 saturated carbocycles. The Morgan fingerprint density at radius 2 is 1.72 bits per heavy atom. The molecule has 2 aliphatic heterocycles. The Labute approximate surface area is 365 Å². The summed E-state index contributed by atoms with van der Waals surface area (Å²) < 4.78 is 49.1. The molecule has 0 bridgehead atoms. The SMILES string of the molecule is COc1cc([C@H]2C3=CC[C@@H]4C(=O)N(N(C)c5nc(C(F)(F)F)ccc5Cl)C(=O)[C@@H]4[C@@H]3C[C@H]3C(=O)N(c4cc(-c5sc6ccc(Cl)cc6c5C)nn4C)C(=O)[C@@]23C)cc(Cl)c1O. The summed E-state index contributed by atoms with van der Waals surface area (Å²) in [5.41, 5.74) is -0.289. The van der Waals surface area contributed by atoms with Crippen molar-refractivity contribution >= 4 is 91.5 Å². The third-order valence-electron chi connectivity index (χ3n) is 12.8. The van der Waals surface area contributed by atoms with Gasteiger partial charge in [0, 0.05) is 35.8 Å². The lowest BCUT2D eigenvalue weighted by atomic mass is 9.51. The molecule has 2 aliphatic carbocycles. The van der Waals surface area contributed by atoms with Gasteiger partial charge in [-0.3, -0.25) is 28.9 Å². The molecular formula is C42H34Cl3F3N6O6S. The predicted molar refractivity (Wildman–Crippen MR) is 223 cm³/mol. The first-order valence-electron chi connectivity index (χ1n) is 19.0. The Morgan fingerprint density at radius 1 is 0.984 bits per heavy atom. The summed E-state index contributed by atoms with van der Waals surface area (Å²) in [4.78, 5) is 64.7. The zero-order valence-electron chi connectivity index (χ0n) is 32.8. The molecule has 3 aromatic heterocycles. The first-order chi connectivity index (χ1) is 28.8. The van der Waals surface area contributed by atoms with Gasteiger partial charge in [-0.15, -0.1) is 11.3 Å². The van der Waals surface area contributed by atoms with Gasteiger partial charge in [0.15, 0.2) is 17.3 Å². The lowest BCUT2D eigenvalue weighted by Crippen LogP contribution is -2.49. The van der Waals surface area contributed by atoms with Crippen LogP contribution >= 0.6 is 46.1 Å². The maximum absolute atomic E-state index is 15.2. The van der Waals surface area contributed by atoms with Crippen molar-refractivity contribution in [3.8, 4) is 22.1 Å². The van der Waals surface area contributed by atoms with E-state index in [4.69, 9.17) is 44.6 Å². The number of fused-ring (bicyclic) bond motifs is 5. The van der Waals surface area contributed by atoms with Crippen molar-refractivity contribution < 1.29 is 42.2 Å². The smallest absolute Gasteiger partial charge is 0.433 e. The Balaban J connectivity index is 1.14. The van der Waals surface area contributed by atoms with E-state index in [9.17, 15) is 32.7 Å². The average Bonchev–Trinajstić information content (AvgIpc) is 3.88. The molecule has 12 nitrogen and oxygen atoms in total. The molecule has 5 aromatic rings. The van der Waals surface area contributed by atoms with E-state index in [0.29, 0.717) is 27.9 Å². The molecule has 2 saturated heterocycles. The van der Waals surface area contributed by atoms with Gasteiger partial charge in [0.1, 0.15) is 17.2 Å². The number of pyridine rings is 1. The number of carbonyl (C=O) groups is 4. The van der Waals surface area contributed by atoms with Crippen LogP contribution in [0.4, 0.5) is 24.8 Å². The number of hydrogen-bond donors (Lipinski definition) is 1. The third kappa shape index (κ3) is 5.99. The van der Waals surface area contributed by atoms with E-state index in [0.717, 1.165) is 41.5 Å². The number of hydrogen-bond acceptors (Lipinski definition) is 10. The van der Waals surface area contributed by atoms with Crippen LogP contribution in [0.25, 0.3) is 20.7 Å². The van der Waals surface area contributed by atoms with Gasteiger partial charge in [-0.25, -0.2) is 9.88 Å². The number of benzene rings is 2. The molecular weight excluding hydrogens is 880 g/mol. The Morgan fingerprint density at radius 3 is 2.43 bits per heavy atom. The summed E-state index contributed by atoms with van der Waals surface area (Å²) in [6, 6.07) is 12.0. The molecule has 0 spiro atoms. The zero-order chi connectivity index (χ0) is 43.8. The van der Waals surface area contributed by atoms with Crippen LogP contribution in [0.2, 0.25) is 15.1 Å². The number of thiophene rings is 1. The number of aryl methyl sites for hydroxylation is 2. The van der Waals surface area contributed by atoms with Crippen LogP contribution in [0.15, 0.2) is 60.2 Å². The molecule has 2 aromatic carbocycles. The number of hydrazine groups is 1. The topological polar surface area (TPSA) is 138 Å². The number of alkyl halides is 3. The monoisotopic (exact) mass is 912 g/mol. The van der Waals surface area contributed by atoms with E-state index < -0.39 is 76.3 Å². The average molecular weight is 914 g/mol. The van der Waals surface area contributed by atoms with Crippen LogP contribution in [0.5, 0.6) is 11.5 Å². The van der Waals surface area contributed by atoms with Crippen molar-refractivity contribution in [2.75, 3.05) is 24.1 Å². The van der Waals surface area contributed by atoms with Crippen molar-refractivity contribution in [1.29, 1.82) is 0 Å². The molecule has 9 rings (SSSR count). The number of imide groups is 2. The number of nitrogens with zero attached hydrogens (tertiary/aromatic N) is 6. The standard InChI is InChI=1S/C42H34Cl3F3N6O6S/c1-17-22-14-19(43)6-10-29(22)61-35(17)27-16-31(51(3)50-27)53-38(57)24-15-23-20(33(41(24,2)40(53)59)18-12-26(45)34(55)28(13-18)60-5)7-8-21-32(23)39(58)54(37(21)56)52(4)36-25(44)9-11-30(49-36)42(46,47)48/h6-7,9-14,16,21,23-24,32-33,55H,8,15H2,1-5H3/t21-,23+,24-,32-,33-,41+/m0/s1. The van der Waals surface area contributed by atoms with Gasteiger partial charge >= 0.3 is 6.18 Å². The largest absolute Gasteiger partial charge is 0.503 e. The van der Waals surface area contributed by atoms with Crippen LogP contribution in [-0.4, -0.2) is 62.7 Å². The normalized spacial score (nSPS) is 25.0. The minimum absolute atomic E-state index is 0.00865. The number of ether oxygens (including phenoxy) is 1. The first-order valence-corrected chi connectivity index (χ1v) is 21.0. The molecule has 4 amide bonds. The minimum Gasteiger partial charge on any atom is -0.503 e. The van der Waals surface area contributed by atoms with E-state index in [-0.39, 0.29) is 40.2 Å². The molecule has 3 fully saturated rings. The van der Waals surface area contributed by atoms with Crippen LogP contribution in [0, 0.1) is 36.0 Å². The van der Waals surface area contributed by atoms with Crippen LogP contribution in [0.3, 0.4) is 0 Å². The molecule has 4 aliphatic rings. The van der Waals surface area contributed by atoms with Gasteiger partial charge in [-0.1, -0.05) is 46.5 Å². The number of phenols is 1. The Kier molecular flexibility index (Phi) is 9.59. The predicted octanol–water partition coefficient (Wildman–Crippen LogP) is 8.98. The number of amides is 4. The summed E-state index contributed by atoms with van der Waals surface area (Å²) >= 11 is 20.7. The quantitative estimate of drug-likeness (QED) is 0.131. The van der Waals surface area contributed by atoms with Gasteiger partial charge in [-0.2, -0.15) is 23.3 Å². The number of aromatic hydroxyl groups is 1. The molecule has 19 heteroatoms. The summed E-state index contributed by atoms with van der Waals surface area (Å²) in [5.74, 6) is -7.87. The van der Waals surface area contributed by atoms with Crippen molar-refractivity contribution in [1.82, 2.24) is 19.8 Å². The number of allylic oxidation sites excluding steroid dienone is 2. The van der Waals surface area contributed by atoms with E-state index in [1.807, 2.05) is 19.1 Å². The number of anilines is 2. The summed E-state index contributed by atoms with van der Waals surface area (Å²) in [5, 5.41) is 18.4. The van der Waals surface area contributed by atoms with Gasteiger partial charge in [0.05, 0.1) is 45.2 Å². The molecule has 1 N–H and O–H groups in total. The highest BCUT2D eigenvalue weighted by molar-refractivity contribution is 7.22. The number of carbonyl (C=O) groups excluding carboxylic acids is 4. The van der Waals surface area contributed by atoms with E-state index in [1.165, 1.54) is 42.3 Å². The number of halogens is 6. The molecule has 6 atom stereocenters. The number of aromatic nitrogens is 3. The highest BCUT2D eigenvalue weighted by Gasteiger charge is 2.68. The number of phenolic OH excluding ortho intramolecular Hbond substituents is 1. The van der Waals surface area contributed by atoms with E-state index in [1.54, 1.807) is 32.2 Å². The first kappa shape index (κ1) is 41.2. The number of methoxy groups -OCH3 is 1. The molecule has 5 heterocycles. The van der Waals surface area contributed by atoms with E-state index in [2.05, 4.69) is 4.98 Å². The van der Waals surface area contributed by atoms with Gasteiger partial charge < -0.3 is 9.84 Å². The van der Waals surface area contributed by atoms with E-state index >= 15 is 4.79 Å². The van der Waals surface area contributed by atoms with Crippen LogP contribution < -0.4 is 14.6 Å². The van der Waals surface area contributed by atoms with Gasteiger partial charge in [-0.05, 0) is 91.6 Å². The Hall–Kier alpha value is -5.16. The third-order valence-corrected chi connectivity index (χ3v) is 14.9. The fraction of sp³-hybridized carbons (Fsp3) is 0.333. The van der Waals surface area contributed by atoms with Crippen LogP contribution in [0.1, 0.15) is 42.5 Å². The fourth-order valence-electron chi connectivity index (χ4n) is 9.94. The van der Waals surface area contributed by atoms with Crippen LogP contribution in [-0.2, 0) is 32.4 Å². The lowest BCUT2D eigenvalue weighted by molar-refractivity contribution is -0.141. The van der Waals surface area contributed by atoms with Gasteiger partial charge in [0.2, 0.25) is 11.8 Å². The summed E-state index contributed by atoms with van der Waals surface area (Å²) in [6.45, 7) is 3.64. The molecule has 61 heavy (non-hydrogen) atoms. The second kappa shape index (κ2) is 14.2. The van der Waals surface area contributed by atoms with Crippen molar-refractivity contribution in [3.05, 3.63) is 92.1 Å². The van der Waals surface area contributed by atoms with Gasteiger partial charge in [0.25, 0.3) is 11.8 Å². The fourth-order valence-corrected chi connectivity index (χ4v) is 11.7. The second-order valence-electron chi connectivity index (χ2n) is 15.9. The number of rotatable bonds is 6. The minimum atomic E-state index is -4.84. The van der Waals surface area contributed by atoms with Crippen molar-refractivity contribution in [2.24, 2.45) is 36.1 Å². The van der Waals surface area contributed by atoms with Crippen molar-refractivity contribution in [3.63, 3.8) is 0 Å². The summed E-state index contributed by atoms with van der Waals surface area (Å²) in [6.07, 6.45) is -3.03. The Bertz CT molecular complexity index is 2810. The second-order valence-corrected chi connectivity index (χ2v) is 18.2. The summed E-state index contributed by atoms with van der Waals surface area (Å²) in [7, 11) is 4.21. The zero-order valence-corrected chi connectivity index (χ0v) is 35.9. The maximum atomic E-state index is 15.2. The molecule has 0 unspecified atom stereocenters. The molecule has 316 valence electrons. The van der Waals surface area contributed by atoms with Crippen molar-refractivity contribution in [2.45, 2.75) is 38.8 Å².